The third-order valence-corrected chi connectivity index (χ3v) is 1.74. The molecule has 13 heavy (non-hydrogen) atoms. The van der Waals surface area contributed by atoms with E-state index in [0.717, 1.165) is 5.39 Å². The Balaban J connectivity index is 2.82. The van der Waals surface area contributed by atoms with E-state index in [1.807, 2.05) is 6.07 Å². The lowest BCUT2D eigenvalue weighted by atomic mass is 10.2. The van der Waals surface area contributed by atoms with E-state index in [1.54, 1.807) is 18.2 Å². The van der Waals surface area contributed by atoms with Crippen molar-refractivity contribution in [3.63, 3.8) is 0 Å². The van der Waals surface area contributed by atoms with Crippen LogP contribution in [-0.4, -0.2) is 9.97 Å². The largest absolute Gasteiger partial charge is 0.345 e. The summed E-state index contributed by atoms with van der Waals surface area (Å²) in [5.74, 6) is 0. The van der Waals surface area contributed by atoms with Crippen LogP contribution >= 0.6 is 0 Å². The lowest BCUT2D eigenvalue weighted by Gasteiger charge is -1.95. The van der Waals surface area contributed by atoms with Crippen LogP contribution in [0.3, 0.4) is 0 Å². The zero-order valence-electron chi connectivity index (χ0n) is 6.61. The topological polar surface area (TPSA) is 69.5 Å². The summed E-state index contributed by atoms with van der Waals surface area (Å²) in [6.45, 7) is 0. The van der Waals surface area contributed by atoms with E-state index in [4.69, 9.17) is 5.26 Å². The minimum absolute atomic E-state index is 0.378. The maximum Gasteiger partial charge on any atom is 0.345 e. The summed E-state index contributed by atoms with van der Waals surface area (Å²) >= 11 is 0. The van der Waals surface area contributed by atoms with Gasteiger partial charge in [-0.25, -0.2) is 9.78 Å². The maximum atomic E-state index is 10.8. The smallest absolute Gasteiger partial charge is 0.305 e. The van der Waals surface area contributed by atoms with E-state index in [1.165, 1.54) is 6.20 Å². The van der Waals surface area contributed by atoms with Gasteiger partial charge in [0, 0.05) is 11.6 Å². The monoisotopic (exact) mass is 171 g/mol. The number of H-pyrrole nitrogens is 1. The van der Waals surface area contributed by atoms with Gasteiger partial charge in [-0.1, -0.05) is 0 Å². The fourth-order valence-electron chi connectivity index (χ4n) is 1.13. The van der Waals surface area contributed by atoms with E-state index in [-0.39, 0.29) is 5.69 Å². The summed E-state index contributed by atoms with van der Waals surface area (Å²) in [6.07, 6.45) is 1.45. The van der Waals surface area contributed by atoms with E-state index >= 15 is 0 Å². The van der Waals surface area contributed by atoms with Gasteiger partial charge in [-0.15, -0.1) is 0 Å². The van der Waals surface area contributed by atoms with Crippen molar-refractivity contribution >= 4 is 10.9 Å². The molecular formula is C9H5N3O. The van der Waals surface area contributed by atoms with Gasteiger partial charge in [0.15, 0.2) is 0 Å². The molecule has 2 rings (SSSR count). The van der Waals surface area contributed by atoms with Crippen molar-refractivity contribution in [2.24, 2.45) is 0 Å². The van der Waals surface area contributed by atoms with Crippen molar-refractivity contribution in [1.29, 1.82) is 5.26 Å². The molecule has 0 radical (unpaired) electrons. The molecule has 0 aliphatic heterocycles. The number of aromatic amines is 1. The number of nitrogens with zero attached hydrogens (tertiary/aromatic N) is 2. The summed E-state index contributed by atoms with van der Waals surface area (Å²) in [4.78, 5) is 16.9. The average Bonchev–Trinajstić information content (AvgIpc) is 2.17. The Bertz CT molecular complexity index is 551. The molecule has 4 heteroatoms. The molecule has 0 bridgehead atoms. The van der Waals surface area contributed by atoms with Crippen molar-refractivity contribution < 1.29 is 0 Å². The lowest BCUT2D eigenvalue weighted by Crippen LogP contribution is -2.08. The van der Waals surface area contributed by atoms with Gasteiger partial charge in [-0.3, -0.25) is 0 Å². The fourth-order valence-corrected chi connectivity index (χ4v) is 1.13. The third kappa shape index (κ3) is 1.27. The van der Waals surface area contributed by atoms with Crippen molar-refractivity contribution in [2.75, 3.05) is 0 Å². The second-order valence-corrected chi connectivity index (χ2v) is 2.60. The summed E-state index contributed by atoms with van der Waals surface area (Å²) in [5, 5.41) is 9.37. The first-order valence-electron chi connectivity index (χ1n) is 3.69. The Morgan fingerprint density at radius 2 is 2.31 bits per heavy atom. The minimum atomic E-state index is -0.378. The molecule has 0 aliphatic rings. The van der Waals surface area contributed by atoms with Gasteiger partial charge in [0.2, 0.25) is 0 Å². The number of nitriles is 1. The van der Waals surface area contributed by atoms with Crippen molar-refractivity contribution in [3.05, 3.63) is 40.4 Å². The molecule has 1 N–H and O–H groups in total. The van der Waals surface area contributed by atoms with E-state index < -0.39 is 0 Å². The van der Waals surface area contributed by atoms with Gasteiger partial charge in [-0.05, 0) is 18.2 Å². The van der Waals surface area contributed by atoms with Crippen LogP contribution in [0.2, 0.25) is 0 Å². The molecule has 1 aromatic carbocycles. The molecule has 1 heterocycles. The summed E-state index contributed by atoms with van der Waals surface area (Å²) in [5.41, 5.74) is 0.873. The van der Waals surface area contributed by atoms with Gasteiger partial charge < -0.3 is 4.98 Å². The van der Waals surface area contributed by atoms with Crippen LogP contribution in [-0.2, 0) is 0 Å². The summed E-state index contributed by atoms with van der Waals surface area (Å²) in [6, 6.07) is 7.04. The Morgan fingerprint density at radius 1 is 1.46 bits per heavy atom. The zero-order chi connectivity index (χ0) is 9.26. The Labute approximate surface area is 73.5 Å². The minimum Gasteiger partial charge on any atom is -0.305 e. The highest BCUT2D eigenvalue weighted by molar-refractivity contribution is 5.78. The number of aromatic nitrogens is 2. The third-order valence-electron chi connectivity index (χ3n) is 1.74. The normalized spacial score (nSPS) is 9.77. The molecule has 2 aromatic rings. The SMILES string of the molecule is N#Cc1ccc2[nH]c(=O)ncc2c1. The number of rotatable bonds is 0. The second-order valence-electron chi connectivity index (χ2n) is 2.60. The number of hydrogen-bond donors (Lipinski definition) is 1. The first-order chi connectivity index (χ1) is 6.29. The zero-order valence-corrected chi connectivity index (χ0v) is 6.61. The summed E-state index contributed by atoms with van der Waals surface area (Å²) in [7, 11) is 0. The van der Waals surface area contributed by atoms with Crippen LogP contribution < -0.4 is 5.69 Å². The quantitative estimate of drug-likeness (QED) is 0.637. The van der Waals surface area contributed by atoms with Crippen molar-refractivity contribution in [1.82, 2.24) is 9.97 Å². The number of benzene rings is 1. The average molecular weight is 171 g/mol. The molecule has 0 aliphatic carbocycles. The number of hydrogen-bond acceptors (Lipinski definition) is 3. The van der Waals surface area contributed by atoms with Crippen LogP contribution in [0.4, 0.5) is 0 Å². The second kappa shape index (κ2) is 2.72. The Morgan fingerprint density at radius 3 is 3.08 bits per heavy atom. The molecule has 1 aromatic heterocycles. The summed E-state index contributed by atoms with van der Waals surface area (Å²) < 4.78 is 0. The van der Waals surface area contributed by atoms with Gasteiger partial charge >= 0.3 is 5.69 Å². The lowest BCUT2D eigenvalue weighted by molar-refractivity contribution is 1.12. The molecule has 0 unspecified atom stereocenters. The number of fused-ring (bicyclic) bond motifs is 1. The van der Waals surface area contributed by atoms with E-state index in [0.29, 0.717) is 11.1 Å². The standard InChI is InChI=1S/C9H5N3O/c10-4-6-1-2-8-7(3-6)5-11-9(13)12-8/h1-3,5H,(H,11,12,13). The molecular weight excluding hydrogens is 166 g/mol. The predicted octanol–water partition coefficient (Wildman–Crippen LogP) is 0.795. The maximum absolute atomic E-state index is 10.8. The Hall–Kier alpha value is -2.15. The van der Waals surface area contributed by atoms with Gasteiger partial charge in [-0.2, -0.15) is 5.26 Å². The first-order valence-corrected chi connectivity index (χ1v) is 3.69. The van der Waals surface area contributed by atoms with Gasteiger partial charge in [0.25, 0.3) is 0 Å². The van der Waals surface area contributed by atoms with Crippen LogP contribution in [0.25, 0.3) is 10.9 Å². The molecule has 62 valence electrons. The van der Waals surface area contributed by atoms with Gasteiger partial charge in [0.1, 0.15) is 0 Å². The first kappa shape index (κ1) is 7.50. The number of nitrogens with one attached hydrogen (secondary N) is 1. The molecule has 0 saturated heterocycles. The van der Waals surface area contributed by atoms with Crippen molar-refractivity contribution in [2.45, 2.75) is 0 Å². The van der Waals surface area contributed by atoms with Crippen LogP contribution in [0.1, 0.15) is 5.56 Å². The van der Waals surface area contributed by atoms with E-state index in [2.05, 4.69) is 9.97 Å². The van der Waals surface area contributed by atoms with Crippen LogP contribution in [0.5, 0.6) is 0 Å². The molecule has 0 amide bonds. The highest BCUT2D eigenvalue weighted by atomic mass is 16.1. The van der Waals surface area contributed by atoms with Crippen molar-refractivity contribution in [3.8, 4) is 6.07 Å². The predicted molar refractivity (Wildman–Crippen MR) is 47.1 cm³/mol. The Kier molecular flexibility index (Phi) is 1.57. The highest BCUT2D eigenvalue weighted by Gasteiger charge is 1.96. The molecule has 0 spiro atoms. The molecule has 4 nitrogen and oxygen atoms in total. The van der Waals surface area contributed by atoms with Crippen LogP contribution in [0.15, 0.2) is 29.2 Å². The van der Waals surface area contributed by atoms with E-state index in [9.17, 15) is 4.79 Å². The highest BCUT2D eigenvalue weighted by Crippen LogP contribution is 2.09. The van der Waals surface area contributed by atoms with Gasteiger partial charge in [0.05, 0.1) is 17.1 Å². The van der Waals surface area contributed by atoms with Crippen LogP contribution in [0, 0.1) is 11.3 Å². The fraction of sp³-hybridized carbons (Fsp3) is 0. The molecule has 0 saturated carbocycles. The molecule has 0 fully saturated rings. The molecule has 0 atom stereocenters.